The predicted molar refractivity (Wildman–Crippen MR) is 109 cm³/mol. The van der Waals surface area contributed by atoms with Gasteiger partial charge in [0, 0.05) is 30.2 Å². The summed E-state index contributed by atoms with van der Waals surface area (Å²) in [6, 6.07) is 11.8. The van der Waals surface area contributed by atoms with E-state index in [0.29, 0.717) is 5.92 Å². The van der Waals surface area contributed by atoms with Gasteiger partial charge < -0.3 is 9.88 Å². The zero-order chi connectivity index (χ0) is 19.2. The van der Waals surface area contributed by atoms with Crippen LogP contribution in [0.5, 0.6) is 0 Å². The van der Waals surface area contributed by atoms with Crippen LogP contribution in [0.4, 0.5) is 5.69 Å². The Balaban J connectivity index is 1.63. The standard InChI is InChI=1S/C20H23N5OS/c1-4-25-19(16-9-11-21-12-10-16)23-24-20(25)27-13-18(26)22-17-7-5-15(6-8-17)14(2)3/h5-12,14H,4,13H2,1-3H3,(H,22,26). The lowest BCUT2D eigenvalue weighted by molar-refractivity contribution is -0.113. The molecule has 1 aromatic carbocycles. The smallest absolute Gasteiger partial charge is 0.234 e. The van der Waals surface area contributed by atoms with Gasteiger partial charge in [-0.15, -0.1) is 10.2 Å². The third-order valence-corrected chi connectivity index (χ3v) is 5.13. The molecule has 0 radical (unpaired) electrons. The van der Waals surface area contributed by atoms with E-state index in [1.54, 1.807) is 12.4 Å². The molecule has 0 aliphatic rings. The van der Waals surface area contributed by atoms with E-state index in [0.717, 1.165) is 28.8 Å². The number of hydrogen-bond acceptors (Lipinski definition) is 5. The van der Waals surface area contributed by atoms with Gasteiger partial charge in [0.1, 0.15) is 0 Å². The lowest BCUT2D eigenvalue weighted by Gasteiger charge is -2.09. The van der Waals surface area contributed by atoms with Gasteiger partial charge in [0.05, 0.1) is 5.75 Å². The molecule has 0 saturated carbocycles. The maximum absolute atomic E-state index is 12.3. The van der Waals surface area contributed by atoms with Crippen LogP contribution in [-0.4, -0.2) is 31.4 Å². The molecular formula is C20H23N5OS. The van der Waals surface area contributed by atoms with E-state index in [9.17, 15) is 4.79 Å². The van der Waals surface area contributed by atoms with Crippen LogP contribution < -0.4 is 5.32 Å². The first-order valence-corrected chi connectivity index (χ1v) is 9.93. The number of carbonyl (C=O) groups is 1. The summed E-state index contributed by atoms with van der Waals surface area (Å²) >= 11 is 1.38. The second-order valence-electron chi connectivity index (χ2n) is 6.40. The van der Waals surface area contributed by atoms with Gasteiger partial charge in [0.25, 0.3) is 0 Å². The van der Waals surface area contributed by atoms with Crippen molar-refractivity contribution in [1.82, 2.24) is 19.7 Å². The molecule has 1 amide bonds. The fraction of sp³-hybridized carbons (Fsp3) is 0.300. The fourth-order valence-electron chi connectivity index (χ4n) is 2.67. The summed E-state index contributed by atoms with van der Waals surface area (Å²) in [6.45, 7) is 7.06. The van der Waals surface area contributed by atoms with Crippen LogP contribution in [0.1, 0.15) is 32.3 Å². The molecule has 6 nitrogen and oxygen atoms in total. The van der Waals surface area contributed by atoms with Crippen LogP contribution in [0.15, 0.2) is 53.9 Å². The van der Waals surface area contributed by atoms with E-state index >= 15 is 0 Å². The van der Waals surface area contributed by atoms with E-state index in [1.165, 1.54) is 17.3 Å². The number of amides is 1. The molecule has 0 bridgehead atoms. The van der Waals surface area contributed by atoms with Crippen LogP contribution in [0.25, 0.3) is 11.4 Å². The van der Waals surface area contributed by atoms with Gasteiger partial charge in [-0.1, -0.05) is 37.7 Å². The summed E-state index contributed by atoms with van der Waals surface area (Å²) in [5.74, 6) is 1.47. The molecule has 3 aromatic rings. The molecule has 2 heterocycles. The van der Waals surface area contributed by atoms with Crippen LogP contribution in [0.2, 0.25) is 0 Å². The molecule has 0 unspecified atom stereocenters. The Morgan fingerprint density at radius 2 is 1.81 bits per heavy atom. The van der Waals surface area contributed by atoms with E-state index in [4.69, 9.17) is 0 Å². The molecule has 0 fully saturated rings. The molecule has 0 saturated heterocycles. The maximum Gasteiger partial charge on any atom is 0.234 e. The fourth-order valence-corrected chi connectivity index (χ4v) is 3.48. The number of pyridine rings is 1. The molecule has 3 rings (SSSR count). The summed E-state index contributed by atoms with van der Waals surface area (Å²) < 4.78 is 2.00. The van der Waals surface area contributed by atoms with Gasteiger partial charge in [-0.25, -0.2) is 0 Å². The first-order chi connectivity index (χ1) is 13.1. The number of nitrogens with one attached hydrogen (secondary N) is 1. The van der Waals surface area contributed by atoms with Crippen molar-refractivity contribution < 1.29 is 4.79 Å². The average molecular weight is 382 g/mol. The highest BCUT2D eigenvalue weighted by Crippen LogP contribution is 2.24. The Labute approximate surface area is 163 Å². The first kappa shape index (κ1) is 19.1. The van der Waals surface area contributed by atoms with Gasteiger partial charge in [-0.05, 0) is 42.7 Å². The highest BCUT2D eigenvalue weighted by atomic mass is 32.2. The molecule has 27 heavy (non-hydrogen) atoms. The van der Waals surface area contributed by atoms with E-state index in [2.05, 4.69) is 34.3 Å². The summed E-state index contributed by atoms with van der Waals surface area (Å²) in [6.07, 6.45) is 3.46. The van der Waals surface area contributed by atoms with Crippen LogP contribution >= 0.6 is 11.8 Å². The number of nitrogens with zero attached hydrogens (tertiary/aromatic N) is 4. The van der Waals surface area contributed by atoms with Gasteiger partial charge in [0.2, 0.25) is 5.91 Å². The van der Waals surface area contributed by atoms with Crippen molar-refractivity contribution in [2.75, 3.05) is 11.1 Å². The van der Waals surface area contributed by atoms with Crippen LogP contribution in [0, 0.1) is 0 Å². The minimum Gasteiger partial charge on any atom is -0.325 e. The SMILES string of the molecule is CCn1c(SCC(=O)Nc2ccc(C(C)C)cc2)nnc1-c1ccncc1. The van der Waals surface area contributed by atoms with Crippen molar-refractivity contribution >= 4 is 23.4 Å². The Hall–Kier alpha value is -2.67. The lowest BCUT2D eigenvalue weighted by atomic mass is 10.0. The Morgan fingerprint density at radius 1 is 1.11 bits per heavy atom. The highest BCUT2D eigenvalue weighted by Gasteiger charge is 2.14. The molecule has 0 spiro atoms. The second kappa shape index (κ2) is 8.81. The Bertz CT molecular complexity index is 890. The van der Waals surface area contributed by atoms with Crippen molar-refractivity contribution in [3.8, 4) is 11.4 Å². The van der Waals surface area contributed by atoms with Crippen molar-refractivity contribution in [2.45, 2.75) is 38.4 Å². The number of rotatable bonds is 7. The highest BCUT2D eigenvalue weighted by molar-refractivity contribution is 7.99. The average Bonchev–Trinajstić information content (AvgIpc) is 3.10. The van der Waals surface area contributed by atoms with Crippen LogP contribution in [0.3, 0.4) is 0 Å². The van der Waals surface area contributed by atoms with Gasteiger partial charge >= 0.3 is 0 Å². The number of carbonyl (C=O) groups excluding carboxylic acids is 1. The van der Waals surface area contributed by atoms with Gasteiger partial charge in [-0.3, -0.25) is 9.78 Å². The molecule has 2 aromatic heterocycles. The Morgan fingerprint density at radius 3 is 2.44 bits per heavy atom. The quantitative estimate of drug-likeness (QED) is 0.621. The van der Waals surface area contributed by atoms with Crippen molar-refractivity contribution in [3.05, 3.63) is 54.4 Å². The van der Waals surface area contributed by atoms with E-state index in [-0.39, 0.29) is 11.7 Å². The summed E-state index contributed by atoms with van der Waals surface area (Å²) in [7, 11) is 0. The molecular weight excluding hydrogens is 358 g/mol. The number of benzene rings is 1. The van der Waals surface area contributed by atoms with E-state index < -0.39 is 0 Å². The predicted octanol–water partition coefficient (Wildman–Crippen LogP) is 4.21. The topological polar surface area (TPSA) is 72.7 Å². The summed E-state index contributed by atoms with van der Waals surface area (Å²) in [5, 5.41) is 12.2. The zero-order valence-corrected chi connectivity index (χ0v) is 16.5. The molecule has 0 aliphatic heterocycles. The minimum atomic E-state index is -0.0617. The third-order valence-electron chi connectivity index (χ3n) is 4.17. The van der Waals surface area contributed by atoms with Crippen LogP contribution in [-0.2, 0) is 11.3 Å². The molecule has 7 heteroatoms. The van der Waals surface area contributed by atoms with E-state index in [1.807, 2.05) is 47.9 Å². The summed E-state index contributed by atoms with van der Waals surface area (Å²) in [4.78, 5) is 16.3. The Kier molecular flexibility index (Phi) is 6.24. The van der Waals surface area contributed by atoms with Gasteiger partial charge in [-0.2, -0.15) is 0 Å². The maximum atomic E-state index is 12.3. The molecule has 1 N–H and O–H groups in total. The largest absolute Gasteiger partial charge is 0.325 e. The van der Waals surface area contributed by atoms with Crippen molar-refractivity contribution in [2.24, 2.45) is 0 Å². The molecule has 140 valence electrons. The zero-order valence-electron chi connectivity index (χ0n) is 15.7. The lowest BCUT2D eigenvalue weighted by Crippen LogP contribution is -2.14. The van der Waals surface area contributed by atoms with Gasteiger partial charge in [0.15, 0.2) is 11.0 Å². The van der Waals surface area contributed by atoms with Crippen molar-refractivity contribution in [3.63, 3.8) is 0 Å². The number of aromatic nitrogens is 4. The number of thioether (sulfide) groups is 1. The number of anilines is 1. The first-order valence-electron chi connectivity index (χ1n) is 8.94. The number of hydrogen-bond donors (Lipinski definition) is 1. The molecule has 0 atom stereocenters. The normalized spacial score (nSPS) is 11.0. The third kappa shape index (κ3) is 4.74. The second-order valence-corrected chi connectivity index (χ2v) is 7.34. The summed E-state index contributed by atoms with van der Waals surface area (Å²) in [5.41, 5.74) is 3.02. The molecule has 0 aliphatic carbocycles. The monoisotopic (exact) mass is 381 g/mol. The minimum absolute atomic E-state index is 0.0617. The van der Waals surface area contributed by atoms with Crippen molar-refractivity contribution in [1.29, 1.82) is 0 Å².